The smallest absolute Gasteiger partial charge is 0.188 e. The van der Waals surface area contributed by atoms with Crippen LogP contribution in [0, 0.1) is 6.92 Å². The molecule has 1 aliphatic heterocycles. The van der Waals surface area contributed by atoms with Crippen LogP contribution in [0.4, 0.5) is 0 Å². The van der Waals surface area contributed by atoms with Crippen molar-refractivity contribution in [1.29, 1.82) is 0 Å². The van der Waals surface area contributed by atoms with Gasteiger partial charge in [-0.25, -0.2) is 10.1 Å². The first kappa shape index (κ1) is 19.3. The molecule has 0 unspecified atom stereocenters. The van der Waals surface area contributed by atoms with Gasteiger partial charge in [0.15, 0.2) is 5.78 Å². The zero-order valence-electron chi connectivity index (χ0n) is 16.4. The summed E-state index contributed by atoms with van der Waals surface area (Å²) in [6, 6.07) is 14.2. The number of hydrogen-bond donors (Lipinski definition) is 1. The molecule has 5 heteroatoms. The number of aryl methyl sites for hydroxylation is 2. The Balaban J connectivity index is 1.79. The van der Waals surface area contributed by atoms with Crippen LogP contribution in [0.2, 0.25) is 0 Å². The lowest BCUT2D eigenvalue weighted by molar-refractivity contribution is -0.111. The van der Waals surface area contributed by atoms with Crippen LogP contribution in [0.15, 0.2) is 88.7 Å². The van der Waals surface area contributed by atoms with Gasteiger partial charge in [0.2, 0.25) is 0 Å². The van der Waals surface area contributed by atoms with E-state index in [9.17, 15) is 10.0 Å². The average molecular weight is 403 g/mol. The number of allylic oxidation sites excluding steroid dienone is 7. The minimum absolute atomic E-state index is 0.128. The van der Waals surface area contributed by atoms with Gasteiger partial charge in [-0.3, -0.25) is 10.0 Å². The lowest BCUT2D eigenvalue weighted by atomic mass is 9.96. The fraction of sp³-hybridized carbons (Fsp3) is 0.167. The van der Waals surface area contributed by atoms with Crippen molar-refractivity contribution in [3.8, 4) is 0 Å². The van der Waals surface area contributed by atoms with E-state index in [-0.39, 0.29) is 5.78 Å². The van der Waals surface area contributed by atoms with Crippen molar-refractivity contribution in [2.45, 2.75) is 26.7 Å². The standard InChI is InChI=1S/C24H22N2O2S/c1-16-12-15-22(29-16)23-17(2)26(28)24(19-10-6-7-11-21(19)27)20(25-23)14-13-18-8-4-3-5-9-18/h3-12,15,28H,13-14H2,1-2H3/b24-19-. The van der Waals surface area contributed by atoms with Gasteiger partial charge >= 0.3 is 0 Å². The highest BCUT2D eigenvalue weighted by Gasteiger charge is 2.29. The summed E-state index contributed by atoms with van der Waals surface area (Å²) in [6.07, 6.45) is 8.16. The molecule has 0 saturated carbocycles. The lowest BCUT2D eigenvalue weighted by Crippen LogP contribution is -2.30. The molecule has 1 aromatic carbocycles. The maximum absolute atomic E-state index is 12.5. The Hall–Kier alpha value is -3.02. The molecule has 4 nitrogen and oxygen atoms in total. The van der Waals surface area contributed by atoms with E-state index in [1.807, 2.05) is 43.3 Å². The molecular weight excluding hydrogens is 380 g/mol. The highest BCUT2D eigenvalue weighted by Crippen LogP contribution is 2.35. The van der Waals surface area contributed by atoms with E-state index in [1.54, 1.807) is 23.5 Å². The maximum atomic E-state index is 12.5. The largest absolute Gasteiger partial charge is 0.289 e. The first-order chi connectivity index (χ1) is 14.0. The third-order valence-electron chi connectivity index (χ3n) is 5.00. The molecule has 2 heterocycles. The van der Waals surface area contributed by atoms with Crippen molar-refractivity contribution in [2.24, 2.45) is 4.99 Å². The number of thiophene rings is 1. The number of carbonyl (C=O) groups is 1. The molecule has 0 fully saturated rings. The highest BCUT2D eigenvalue weighted by molar-refractivity contribution is 7.13. The Morgan fingerprint density at radius 1 is 1.00 bits per heavy atom. The monoisotopic (exact) mass is 402 g/mol. The molecule has 0 amide bonds. The van der Waals surface area contributed by atoms with Crippen molar-refractivity contribution in [2.75, 3.05) is 0 Å². The molecule has 0 saturated heterocycles. The summed E-state index contributed by atoms with van der Waals surface area (Å²) < 4.78 is 0. The second-order valence-corrected chi connectivity index (χ2v) is 8.33. The van der Waals surface area contributed by atoms with E-state index in [2.05, 4.69) is 19.1 Å². The Morgan fingerprint density at radius 3 is 2.45 bits per heavy atom. The predicted octanol–water partition coefficient (Wildman–Crippen LogP) is 5.47. The van der Waals surface area contributed by atoms with Crippen LogP contribution in [0.25, 0.3) is 5.70 Å². The molecule has 2 aromatic rings. The lowest BCUT2D eigenvalue weighted by Gasteiger charge is -2.30. The average Bonchev–Trinajstić information content (AvgIpc) is 3.16. The third kappa shape index (κ3) is 3.92. The molecular formula is C24H22N2O2S. The van der Waals surface area contributed by atoms with Crippen LogP contribution in [0.1, 0.15) is 28.7 Å². The van der Waals surface area contributed by atoms with Gasteiger partial charge in [0.05, 0.1) is 16.3 Å². The van der Waals surface area contributed by atoms with E-state index in [0.717, 1.165) is 22.1 Å². The summed E-state index contributed by atoms with van der Waals surface area (Å²) in [5.74, 6) is -0.128. The molecule has 1 aliphatic carbocycles. The van der Waals surface area contributed by atoms with Gasteiger partial charge in [-0.05, 0) is 56.5 Å². The van der Waals surface area contributed by atoms with Crippen molar-refractivity contribution in [3.05, 3.63) is 99.1 Å². The van der Waals surface area contributed by atoms with Gasteiger partial charge in [-0.2, -0.15) is 0 Å². The van der Waals surface area contributed by atoms with Gasteiger partial charge in [-0.1, -0.05) is 42.5 Å². The third-order valence-corrected chi connectivity index (χ3v) is 6.01. The quantitative estimate of drug-likeness (QED) is 0.690. The molecule has 146 valence electrons. The van der Waals surface area contributed by atoms with Gasteiger partial charge in [0.1, 0.15) is 11.4 Å². The van der Waals surface area contributed by atoms with Crippen LogP contribution in [0.5, 0.6) is 0 Å². The fourth-order valence-electron chi connectivity index (χ4n) is 3.47. The molecule has 0 atom stereocenters. The topological polar surface area (TPSA) is 52.9 Å². The first-order valence-corrected chi connectivity index (χ1v) is 10.4. The Labute approximate surface area is 174 Å². The van der Waals surface area contributed by atoms with Crippen molar-refractivity contribution < 1.29 is 10.0 Å². The molecule has 29 heavy (non-hydrogen) atoms. The van der Waals surface area contributed by atoms with Crippen LogP contribution in [-0.4, -0.2) is 21.8 Å². The van der Waals surface area contributed by atoms with E-state index < -0.39 is 0 Å². The first-order valence-electron chi connectivity index (χ1n) is 9.56. The molecule has 0 radical (unpaired) electrons. The number of ketones is 1. The maximum Gasteiger partial charge on any atom is 0.188 e. The SMILES string of the molecule is CC1=C(c2ccc(C)s2)N=C(CCc2ccccc2)/C(=C2\C=CC=CC2=O)N1O. The van der Waals surface area contributed by atoms with Crippen LogP contribution in [-0.2, 0) is 11.2 Å². The number of rotatable bonds is 4. The number of nitrogens with zero attached hydrogens (tertiary/aromatic N) is 2. The van der Waals surface area contributed by atoms with Gasteiger partial charge in [0.25, 0.3) is 0 Å². The van der Waals surface area contributed by atoms with Crippen LogP contribution in [0.3, 0.4) is 0 Å². The molecule has 1 N–H and O–H groups in total. The Morgan fingerprint density at radius 2 is 1.76 bits per heavy atom. The van der Waals surface area contributed by atoms with Crippen molar-refractivity contribution in [1.82, 2.24) is 5.06 Å². The van der Waals surface area contributed by atoms with Gasteiger partial charge < -0.3 is 0 Å². The van der Waals surface area contributed by atoms with Crippen molar-refractivity contribution in [3.63, 3.8) is 0 Å². The highest BCUT2D eigenvalue weighted by atomic mass is 32.1. The second kappa shape index (κ2) is 8.15. The molecule has 0 bridgehead atoms. The van der Waals surface area contributed by atoms with Crippen LogP contribution < -0.4 is 0 Å². The summed E-state index contributed by atoms with van der Waals surface area (Å²) in [6.45, 7) is 3.88. The summed E-state index contributed by atoms with van der Waals surface area (Å²) in [4.78, 5) is 19.6. The summed E-state index contributed by atoms with van der Waals surface area (Å²) >= 11 is 1.64. The van der Waals surface area contributed by atoms with E-state index in [4.69, 9.17) is 4.99 Å². The minimum atomic E-state index is -0.128. The summed E-state index contributed by atoms with van der Waals surface area (Å²) in [5.41, 5.74) is 4.21. The van der Waals surface area contributed by atoms with Gasteiger partial charge in [0, 0.05) is 10.5 Å². The van der Waals surface area contributed by atoms with E-state index in [0.29, 0.717) is 29.1 Å². The number of hydroxylamine groups is 2. The minimum Gasteiger partial charge on any atom is -0.289 e. The normalized spacial score (nSPS) is 19.2. The molecule has 0 spiro atoms. The van der Waals surface area contributed by atoms with Gasteiger partial charge in [-0.15, -0.1) is 11.3 Å². The molecule has 4 rings (SSSR count). The summed E-state index contributed by atoms with van der Waals surface area (Å²) in [7, 11) is 0. The number of hydrogen-bond acceptors (Lipinski definition) is 5. The number of benzene rings is 1. The van der Waals surface area contributed by atoms with E-state index in [1.165, 1.54) is 16.5 Å². The van der Waals surface area contributed by atoms with E-state index >= 15 is 0 Å². The molecule has 1 aromatic heterocycles. The predicted molar refractivity (Wildman–Crippen MR) is 118 cm³/mol. The zero-order valence-corrected chi connectivity index (χ0v) is 17.2. The Bertz CT molecular complexity index is 1100. The molecule has 2 aliphatic rings. The fourth-order valence-corrected chi connectivity index (χ4v) is 4.38. The summed E-state index contributed by atoms with van der Waals surface area (Å²) in [5, 5.41) is 12.2. The second-order valence-electron chi connectivity index (χ2n) is 7.04. The number of carbonyl (C=O) groups excluding carboxylic acids is 1. The number of aliphatic imine (C=N–C) groups is 1. The van der Waals surface area contributed by atoms with Crippen LogP contribution >= 0.6 is 11.3 Å². The van der Waals surface area contributed by atoms with Crippen molar-refractivity contribution >= 4 is 28.5 Å². The Kier molecular flexibility index (Phi) is 5.43. The zero-order chi connectivity index (χ0) is 20.4.